The Balaban J connectivity index is 3.52. The summed E-state index contributed by atoms with van der Waals surface area (Å²) >= 11 is 0. The Morgan fingerprint density at radius 3 is 2.30 bits per heavy atom. The minimum Gasteiger partial charge on any atom is -0.369 e. The van der Waals surface area contributed by atoms with Crippen LogP contribution in [0.1, 0.15) is 13.8 Å². The Bertz CT molecular complexity index is 107. The van der Waals surface area contributed by atoms with Gasteiger partial charge >= 0.3 is 0 Å². The molecule has 0 aliphatic carbocycles. The molecule has 0 radical (unpaired) electrons. The van der Waals surface area contributed by atoms with Crippen LogP contribution in [0.2, 0.25) is 0 Å². The fourth-order valence-corrected chi connectivity index (χ4v) is 0.394. The first kappa shape index (κ1) is 9.21. The smallest absolute Gasteiger partial charge is 0.0899 e. The lowest BCUT2D eigenvalue weighted by molar-refractivity contribution is 0.643. The van der Waals surface area contributed by atoms with Crippen LogP contribution >= 0.6 is 0 Å². The quantitative estimate of drug-likeness (QED) is 0.430. The second kappa shape index (κ2) is 5.03. The zero-order valence-electron chi connectivity index (χ0n) is 7.20. The molecule has 0 rings (SSSR count). The highest BCUT2D eigenvalue weighted by Gasteiger charge is 1.79. The molecule has 0 fully saturated rings. The van der Waals surface area contributed by atoms with Crippen LogP contribution in [0.4, 0.5) is 0 Å². The largest absolute Gasteiger partial charge is 0.369 e. The van der Waals surface area contributed by atoms with Crippen molar-refractivity contribution in [3.8, 4) is 0 Å². The molecule has 0 unspecified atom stereocenters. The van der Waals surface area contributed by atoms with Crippen molar-refractivity contribution in [1.82, 2.24) is 4.90 Å². The van der Waals surface area contributed by atoms with Crippen molar-refractivity contribution in [2.75, 3.05) is 14.1 Å². The Hall–Kier alpha value is -0.790. The van der Waals surface area contributed by atoms with E-state index in [0.717, 1.165) is 0 Å². The van der Waals surface area contributed by atoms with Gasteiger partial charge in [0.05, 0.1) is 6.34 Å². The predicted molar refractivity (Wildman–Crippen MR) is 46.2 cm³/mol. The summed E-state index contributed by atoms with van der Waals surface area (Å²) in [5, 5.41) is 0. The van der Waals surface area contributed by atoms with Gasteiger partial charge in [-0.05, 0) is 5.92 Å². The third-order valence-electron chi connectivity index (χ3n) is 0.855. The molecular weight excluding hydrogens is 124 g/mol. The maximum Gasteiger partial charge on any atom is 0.0899 e. The number of rotatable bonds is 3. The van der Waals surface area contributed by atoms with Crippen LogP contribution in [-0.2, 0) is 0 Å². The van der Waals surface area contributed by atoms with Crippen LogP contribution in [0.3, 0.4) is 0 Å². The van der Waals surface area contributed by atoms with E-state index in [0.29, 0.717) is 5.92 Å². The Labute approximate surface area is 63.3 Å². The van der Waals surface area contributed by atoms with Crippen LogP contribution in [0.15, 0.2) is 17.3 Å². The molecule has 0 aromatic rings. The van der Waals surface area contributed by atoms with Gasteiger partial charge in [-0.15, -0.1) is 0 Å². The second-order valence-electron chi connectivity index (χ2n) is 2.81. The van der Waals surface area contributed by atoms with Crippen molar-refractivity contribution in [3.05, 3.63) is 12.3 Å². The number of hydrogen-bond donors (Lipinski definition) is 0. The van der Waals surface area contributed by atoms with Gasteiger partial charge < -0.3 is 4.90 Å². The van der Waals surface area contributed by atoms with E-state index >= 15 is 0 Å². The van der Waals surface area contributed by atoms with E-state index in [1.165, 1.54) is 0 Å². The SMILES string of the molecule is CC(C)/C=C\N=CN(C)C. The molecule has 0 N–H and O–H groups in total. The monoisotopic (exact) mass is 140 g/mol. The van der Waals surface area contributed by atoms with Crippen LogP contribution in [-0.4, -0.2) is 25.3 Å². The number of allylic oxidation sites excluding steroid dienone is 1. The summed E-state index contributed by atoms with van der Waals surface area (Å²) in [5.41, 5.74) is 0. The van der Waals surface area contributed by atoms with Crippen LogP contribution in [0.5, 0.6) is 0 Å². The van der Waals surface area contributed by atoms with E-state index in [-0.39, 0.29) is 0 Å². The summed E-state index contributed by atoms with van der Waals surface area (Å²) in [5.74, 6) is 0.583. The molecular formula is C8H16N2. The van der Waals surface area contributed by atoms with Gasteiger partial charge in [0.25, 0.3) is 0 Å². The van der Waals surface area contributed by atoms with Gasteiger partial charge in [0.2, 0.25) is 0 Å². The highest BCUT2D eigenvalue weighted by molar-refractivity contribution is 5.54. The lowest BCUT2D eigenvalue weighted by atomic mass is 10.2. The minimum atomic E-state index is 0.583. The zero-order chi connectivity index (χ0) is 7.98. The standard InChI is InChI=1S/C8H16N2/c1-8(2)5-6-9-7-10(3)4/h5-8H,1-4H3/b6-5-,9-7?. The third kappa shape index (κ3) is 7.21. The normalized spacial score (nSPS) is 12.1. The fraction of sp³-hybridized carbons (Fsp3) is 0.625. The molecule has 10 heavy (non-hydrogen) atoms. The second-order valence-corrected chi connectivity index (χ2v) is 2.81. The summed E-state index contributed by atoms with van der Waals surface area (Å²) in [7, 11) is 3.90. The molecule has 0 aromatic carbocycles. The zero-order valence-corrected chi connectivity index (χ0v) is 7.20. The average Bonchev–Trinajstić information content (AvgIpc) is 1.79. The van der Waals surface area contributed by atoms with Gasteiger partial charge in [-0.25, -0.2) is 4.99 Å². The van der Waals surface area contributed by atoms with Crippen molar-refractivity contribution in [2.24, 2.45) is 10.9 Å². The fourth-order valence-electron chi connectivity index (χ4n) is 0.394. The Morgan fingerprint density at radius 1 is 1.30 bits per heavy atom. The van der Waals surface area contributed by atoms with E-state index in [2.05, 4.69) is 24.9 Å². The van der Waals surface area contributed by atoms with Crippen LogP contribution in [0, 0.1) is 5.92 Å². The summed E-state index contributed by atoms with van der Waals surface area (Å²) in [4.78, 5) is 5.94. The Morgan fingerprint density at radius 2 is 1.90 bits per heavy atom. The highest BCUT2D eigenvalue weighted by Crippen LogP contribution is 1.92. The lowest BCUT2D eigenvalue weighted by Crippen LogP contribution is -2.06. The summed E-state index contributed by atoms with van der Waals surface area (Å²) < 4.78 is 0. The van der Waals surface area contributed by atoms with Crippen molar-refractivity contribution in [3.63, 3.8) is 0 Å². The number of aliphatic imine (C=N–C) groups is 1. The number of hydrogen-bond acceptors (Lipinski definition) is 1. The predicted octanol–water partition coefficient (Wildman–Crippen LogP) is 1.75. The third-order valence-corrected chi connectivity index (χ3v) is 0.855. The van der Waals surface area contributed by atoms with Gasteiger partial charge in [0.1, 0.15) is 0 Å². The number of nitrogens with zero attached hydrogens (tertiary/aromatic N) is 2. The first-order valence-corrected chi connectivity index (χ1v) is 3.49. The van der Waals surface area contributed by atoms with E-state index in [4.69, 9.17) is 0 Å². The molecule has 0 saturated heterocycles. The van der Waals surface area contributed by atoms with Gasteiger partial charge in [-0.2, -0.15) is 0 Å². The van der Waals surface area contributed by atoms with Crippen LogP contribution in [0.25, 0.3) is 0 Å². The van der Waals surface area contributed by atoms with Crippen molar-refractivity contribution < 1.29 is 0 Å². The summed E-state index contributed by atoms with van der Waals surface area (Å²) in [6, 6.07) is 0. The van der Waals surface area contributed by atoms with Crippen molar-refractivity contribution in [2.45, 2.75) is 13.8 Å². The van der Waals surface area contributed by atoms with Crippen LogP contribution < -0.4 is 0 Å². The molecule has 0 aliphatic heterocycles. The molecule has 0 amide bonds. The molecule has 2 nitrogen and oxygen atoms in total. The van der Waals surface area contributed by atoms with E-state index < -0.39 is 0 Å². The first-order valence-electron chi connectivity index (χ1n) is 3.49. The molecule has 0 heterocycles. The molecule has 58 valence electrons. The van der Waals surface area contributed by atoms with Crippen molar-refractivity contribution >= 4 is 6.34 Å². The van der Waals surface area contributed by atoms with Gasteiger partial charge in [0, 0.05) is 20.3 Å². The molecule has 0 saturated carbocycles. The van der Waals surface area contributed by atoms with E-state index in [1.54, 1.807) is 6.34 Å². The van der Waals surface area contributed by atoms with Gasteiger partial charge in [-0.3, -0.25) is 0 Å². The van der Waals surface area contributed by atoms with E-state index in [1.807, 2.05) is 25.2 Å². The highest BCUT2D eigenvalue weighted by atomic mass is 15.1. The van der Waals surface area contributed by atoms with Crippen molar-refractivity contribution in [1.29, 1.82) is 0 Å². The molecule has 2 heteroatoms. The summed E-state index contributed by atoms with van der Waals surface area (Å²) in [6.45, 7) is 4.25. The average molecular weight is 140 g/mol. The molecule has 0 bridgehead atoms. The molecule has 0 spiro atoms. The lowest BCUT2D eigenvalue weighted by Gasteiger charge is -1.99. The first-order chi connectivity index (χ1) is 4.63. The van der Waals surface area contributed by atoms with Gasteiger partial charge in [0.15, 0.2) is 0 Å². The minimum absolute atomic E-state index is 0.583. The van der Waals surface area contributed by atoms with E-state index in [9.17, 15) is 0 Å². The molecule has 0 aromatic heterocycles. The topological polar surface area (TPSA) is 15.6 Å². The van der Waals surface area contributed by atoms with Gasteiger partial charge in [-0.1, -0.05) is 19.9 Å². The molecule has 0 atom stereocenters. The maximum absolute atomic E-state index is 4.03. The molecule has 0 aliphatic rings. The maximum atomic E-state index is 4.03. The summed E-state index contributed by atoms with van der Waals surface area (Å²) in [6.07, 6.45) is 5.66. The Kier molecular flexibility index (Phi) is 4.63.